The van der Waals surface area contributed by atoms with Crippen molar-refractivity contribution in [3.05, 3.63) is 54.1 Å². The Balaban J connectivity index is 1.93. The summed E-state index contributed by atoms with van der Waals surface area (Å²) < 4.78 is 10.7. The highest BCUT2D eigenvalue weighted by molar-refractivity contribution is 6.03. The van der Waals surface area contributed by atoms with E-state index in [0.717, 1.165) is 0 Å². The minimum atomic E-state index is -0.548. The molecule has 0 unspecified atom stereocenters. The number of carbonyl (C=O) groups excluding carboxylic acids is 2. The summed E-state index contributed by atoms with van der Waals surface area (Å²) in [6.07, 6.45) is 6.25. The van der Waals surface area contributed by atoms with Crippen molar-refractivity contribution in [1.29, 1.82) is 0 Å². The first-order valence-electron chi connectivity index (χ1n) is 8.04. The molecule has 0 aliphatic rings. The fraction of sp³-hybridized carbons (Fsp3) is 0.150. The number of anilines is 1. The topological polar surface area (TPSA) is 89.0 Å². The molecule has 7 nitrogen and oxygen atoms in total. The third-order valence-electron chi connectivity index (χ3n) is 3.30. The maximum atomic E-state index is 11.8. The van der Waals surface area contributed by atoms with Crippen LogP contribution in [0.3, 0.4) is 0 Å². The number of amides is 2. The fourth-order valence-electron chi connectivity index (χ4n) is 2.15. The Labute approximate surface area is 157 Å². The smallest absolute Gasteiger partial charge is 0.249 e. The molecular weight excluding hydrogens is 346 g/mol. The molecule has 2 aromatic rings. The van der Waals surface area contributed by atoms with E-state index in [-0.39, 0.29) is 13.0 Å². The molecule has 0 bridgehead atoms. The zero-order valence-electron chi connectivity index (χ0n) is 14.8. The number of hydrogen-bond acceptors (Lipinski definition) is 5. The second-order valence-corrected chi connectivity index (χ2v) is 5.26. The lowest BCUT2D eigenvalue weighted by Gasteiger charge is -2.11. The number of terminal acetylenes is 1. The quantitative estimate of drug-likeness (QED) is 0.325. The van der Waals surface area contributed by atoms with Gasteiger partial charge in [0.25, 0.3) is 0 Å². The van der Waals surface area contributed by atoms with Gasteiger partial charge in [0, 0.05) is 11.3 Å². The molecule has 0 aliphatic heterocycles. The molecular formula is C20H19N3O4. The number of carbonyl (C=O) groups is 2. The van der Waals surface area contributed by atoms with Crippen LogP contribution in [0.1, 0.15) is 12.0 Å². The molecule has 2 aromatic carbocycles. The van der Waals surface area contributed by atoms with Crippen LogP contribution in [-0.4, -0.2) is 31.7 Å². The molecule has 7 heteroatoms. The van der Waals surface area contributed by atoms with E-state index < -0.39 is 11.8 Å². The lowest BCUT2D eigenvalue weighted by molar-refractivity contribution is -0.126. The molecule has 0 aliphatic carbocycles. The lowest BCUT2D eigenvalue weighted by Crippen LogP contribution is -2.24. The van der Waals surface area contributed by atoms with Crippen LogP contribution in [0.5, 0.6) is 11.5 Å². The SMILES string of the molecule is C#CCOc1c(C=NNC(=O)CC(=O)Nc2ccccc2)cccc1OC. The van der Waals surface area contributed by atoms with Gasteiger partial charge in [0.1, 0.15) is 13.0 Å². The molecule has 2 amide bonds. The monoisotopic (exact) mass is 365 g/mol. The Morgan fingerprint density at radius 2 is 1.93 bits per heavy atom. The molecule has 138 valence electrons. The van der Waals surface area contributed by atoms with Crippen LogP contribution in [0.15, 0.2) is 53.6 Å². The number of nitrogens with zero attached hydrogens (tertiary/aromatic N) is 1. The largest absolute Gasteiger partial charge is 0.493 e. The average Bonchev–Trinajstić information content (AvgIpc) is 2.67. The third-order valence-corrected chi connectivity index (χ3v) is 3.30. The van der Waals surface area contributed by atoms with Crippen LogP contribution in [-0.2, 0) is 9.59 Å². The molecule has 0 heterocycles. The molecule has 0 fully saturated rings. The van der Waals surface area contributed by atoms with Gasteiger partial charge in [-0.25, -0.2) is 5.43 Å². The van der Waals surface area contributed by atoms with Gasteiger partial charge in [0.05, 0.1) is 13.3 Å². The number of methoxy groups -OCH3 is 1. The van der Waals surface area contributed by atoms with Gasteiger partial charge >= 0.3 is 0 Å². The van der Waals surface area contributed by atoms with E-state index in [1.54, 1.807) is 42.5 Å². The maximum absolute atomic E-state index is 11.8. The second kappa shape index (κ2) is 10.3. The summed E-state index contributed by atoms with van der Waals surface area (Å²) in [4.78, 5) is 23.7. The summed E-state index contributed by atoms with van der Waals surface area (Å²) in [5, 5.41) is 6.48. The van der Waals surface area contributed by atoms with Crippen LogP contribution in [0, 0.1) is 12.3 Å². The fourth-order valence-corrected chi connectivity index (χ4v) is 2.15. The van der Waals surface area contributed by atoms with Gasteiger partial charge < -0.3 is 14.8 Å². The zero-order chi connectivity index (χ0) is 19.5. The van der Waals surface area contributed by atoms with Gasteiger partial charge in [-0.05, 0) is 24.3 Å². The maximum Gasteiger partial charge on any atom is 0.249 e. The predicted molar refractivity (Wildman–Crippen MR) is 103 cm³/mol. The van der Waals surface area contributed by atoms with E-state index >= 15 is 0 Å². The Morgan fingerprint density at radius 1 is 1.15 bits per heavy atom. The van der Waals surface area contributed by atoms with Crippen molar-refractivity contribution in [2.24, 2.45) is 5.10 Å². The summed E-state index contributed by atoms with van der Waals surface area (Å²) >= 11 is 0. The number of hydrogen-bond donors (Lipinski definition) is 2. The Kier molecular flexibility index (Phi) is 7.42. The van der Waals surface area contributed by atoms with E-state index in [1.807, 2.05) is 6.07 Å². The molecule has 0 saturated carbocycles. The van der Waals surface area contributed by atoms with Crippen molar-refractivity contribution in [3.8, 4) is 23.8 Å². The van der Waals surface area contributed by atoms with Gasteiger partial charge in [0.2, 0.25) is 11.8 Å². The zero-order valence-corrected chi connectivity index (χ0v) is 14.8. The third kappa shape index (κ3) is 6.21. The van der Waals surface area contributed by atoms with Gasteiger partial charge in [-0.2, -0.15) is 5.10 Å². The minimum Gasteiger partial charge on any atom is -0.493 e. The highest BCUT2D eigenvalue weighted by Gasteiger charge is 2.10. The molecule has 2 rings (SSSR count). The van der Waals surface area contributed by atoms with Gasteiger partial charge in [-0.1, -0.05) is 30.2 Å². The number of nitrogens with one attached hydrogen (secondary N) is 2. The van der Waals surface area contributed by atoms with Crippen molar-refractivity contribution in [1.82, 2.24) is 5.43 Å². The highest BCUT2D eigenvalue weighted by Crippen LogP contribution is 2.29. The molecule has 0 radical (unpaired) electrons. The average molecular weight is 365 g/mol. The summed E-state index contributed by atoms with van der Waals surface area (Å²) in [6.45, 7) is 0.0627. The van der Waals surface area contributed by atoms with Crippen molar-refractivity contribution in [2.45, 2.75) is 6.42 Å². The molecule has 0 aromatic heterocycles. The molecule has 0 saturated heterocycles. The molecule has 0 spiro atoms. The van der Waals surface area contributed by atoms with Crippen LogP contribution >= 0.6 is 0 Å². The second-order valence-electron chi connectivity index (χ2n) is 5.26. The molecule has 0 atom stereocenters. The molecule has 27 heavy (non-hydrogen) atoms. The minimum absolute atomic E-state index is 0.0627. The van der Waals surface area contributed by atoms with Gasteiger partial charge in [0.15, 0.2) is 11.5 Å². The highest BCUT2D eigenvalue weighted by atomic mass is 16.5. The first-order valence-corrected chi connectivity index (χ1v) is 8.04. The van der Waals surface area contributed by atoms with E-state index in [1.165, 1.54) is 13.3 Å². The van der Waals surface area contributed by atoms with Crippen LogP contribution in [0.4, 0.5) is 5.69 Å². The van der Waals surface area contributed by atoms with Crippen LogP contribution < -0.4 is 20.2 Å². The summed E-state index contributed by atoms with van der Waals surface area (Å²) in [5.74, 6) is 2.29. The van der Waals surface area contributed by atoms with E-state index in [4.69, 9.17) is 15.9 Å². The van der Waals surface area contributed by atoms with Crippen molar-refractivity contribution in [2.75, 3.05) is 19.0 Å². The van der Waals surface area contributed by atoms with Gasteiger partial charge in [-0.3, -0.25) is 9.59 Å². The van der Waals surface area contributed by atoms with Crippen molar-refractivity contribution < 1.29 is 19.1 Å². The lowest BCUT2D eigenvalue weighted by atomic mass is 10.2. The van der Waals surface area contributed by atoms with Crippen LogP contribution in [0.25, 0.3) is 0 Å². The van der Waals surface area contributed by atoms with Crippen molar-refractivity contribution in [3.63, 3.8) is 0 Å². The Morgan fingerprint density at radius 3 is 2.63 bits per heavy atom. The first kappa shape index (κ1) is 19.5. The summed E-state index contributed by atoms with van der Waals surface area (Å²) in [5.41, 5.74) is 3.49. The normalized spacial score (nSPS) is 10.1. The van der Waals surface area contributed by atoms with E-state index in [0.29, 0.717) is 22.7 Å². The number of para-hydroxylation sites is 2. The number of rotatable bonds is 8. The van der Waals surface area contributed by atoms with E-state index in [9.17, 15) is 9.59 Å². The van der Waals surface area contributed by atoms with Gasteiger partial charge in [-0.15, -0.1) is 6.42 Å². The number of benzene rings is 2. The first-order chi connectivity index (χ1) is 13.1. The standard InChI is InChI=1S/C20H19N3O4/c1-3-12-27-20-15(8-7-11-17(20)26-2)14-21-23-19(25)13-18(24)22-16-9-5-4-6-10-16/h1,4-11,14H,12-13H2,2H3,(H,22,24)(H,23,25). The van der Waals surface area contributed by atoms with E-state index in [2.05, 4.69) is 21.8 Å². The Bertz CT molecular complexity index is 857. The molecule has 2 N–H and O–H groups in total. The summed E-state index contributed by atoms with van der Waals surface area (Å²) in [6, 6.07) is 14.1. The number of hydrazone groups is 1. The van der Waals surface area contributed by atoms with Crippen LogP contribution in [0.2, 0.25) is 0 Å². The summed E-state index contributed by atoms with van der Waals surface area (Å²) in [7, 11) is 1.51. The number of ether oxygens (including phenoxy) is 2. The predicted octanol–water partition coefficient (Wildman–Crippen LogP) is 2.19. The van der Waals surface area contributed by atoms with Crippen molar-refractivity contribution >= 4 is 23.7 Å². The Hall–Kier alpha value is -3.79.